The number of amides is 2. The lowest BCUT2D eigenvalue weighted by molar-refractivity contribution is -0.147. The lowest BCUT2D eigenvalue weighted by Gasteiger charge is -2.36. The Bertz CT molecular complexity index is 1160. The minimum Gasteiger partial charge on any atom is -0.497 e. The summed E-state index contributed by atoms with van der Waals surface area (Å²) in [6.07, 6.45) is 2.95. The number of benzene rings is 1. The predicted molar refractivity (Wildman–Crippen MR) is 120 cm³/mol. The van der Waals surface area contributed by atoms with Gasteiger partial charge in [0.15, 0.2) is 0 Å². The molecule has 2 amide bonds. The molecule has 32 heavy (non-hydrogen) atoms. The van der Waals surface area contributed by atoms with E-state index < -0.39 is 0 Å². The highest BCUT2D eigenvalue weighted by Gasteiger charge is 2.33. The zero-order chi connectivity index (χ0) is 23.0. The van der Waals surface area contributed by atoms with E-state index in [1.807, 2.05) is 0 Å². The standard InChI is InChI=1S/C23H30N4O5/c1-24-10-11-26(14-20(24)28)21(29)16-6-4-15(5-7-16)13-27-22(30)18-12-17(32-3)8-9-19(18)25(2)23(27)31/h8-9,12,15-16H,4-7,10-11,13-14H2,1-3H3/t15-,16-. The average molecular weight is 443 g/mol. The molecule has 1 saturated carbocycles. The van der Waals surface area contributed by atoms with Crippen LogP contribution >= 0.6 is 0 Å². The number of aromatic nitrogens is 2. The molecule has 172 valence electrons. The molecule has 9 nitrogen and oxygen atoms in total. The zero-order valence-corrected chi connectivity index (χ0v) is 18.9. The number of rotatable bonds is 4. The van der Waals surface area contributed by atoms with Gasteiger partial charge in [0.05, 0.1) is 24.6 Å². The fraction of sp³-hybridized carbons (Fsp3) is 0.565. The zero-order valence-electron chi connectivity index (χ0n) is 18.9. The van der Waals surface area contributed by atoms with Crippen molar-refractivity contribution in [3.05, 3.63) is 39.0 Å². The highest BCUT2D eigenvalue weighted by atomic mass is 16.5. The lowest BCUT2D eigenvalue weighted by Crippen LogP contribution is -2.52. The number of piperazine rings is 1. The van der Waals surface area contributed by atoms with Gasteiger partial charge in [-0.1, -0.05) is 0 Å². The van der Waals surface area contributed by atoms with Gasteiger partial charge >= 0.3 is 5.69 Å². The van der Waals surface area contributed by atoms with Crippen LogP contribution < -0.4 is 16.0 Å². The quantitative estimate of drug-likeness (QED) is 0.699. The number of likely N-dealkylation sites (N-methyl/N-ethyl adjacent to an activating group) is 1. The van der Waals surface area contributed by atoms with Crippen LogP contribution in [0.3, 0.4) is 0 Å². The van der Waals surface area contributed by atoms with E-state index in [1.54, 1.807) is 49.2 Å². The minimum absolute atomic E-state index is 0.0264. The third-order valence-electron chi connectivity index (χ3n) is 6.96. The fourth-order valence-corrected chi connectivity index (χ4v) is 4.84. The number of nitrogens with zero attached hydrogens (tertiary/aromatic N) is 4. The highest BCUT2D eigenvalue weighted by Crippen LogP contribution is 2.31. The molecule has 0 atom stereocenters. The van der Waals surface area contributed by atoms with Crippen LogP contribution in [0.2, 0.25) is 0 Å². The third kappa shape index (κ3) is 4.03. The second-order valence-electron chi connectivity index (χ2n) is 8.93. The van der Waals surface area contributed by atoms with Crippen molar-refractivity contribution in [2.24, 2.45) is 18.9 Å². The van der Waals surface area contributed by atoms with E-state index >= 15 is 0 Å². The van der Waals surface area contributed by atoms with E-state index in [9.17, 15) is 19.2 Å². The van der Waals surface area contributed by atoms with E-state index in [1.165, 1.54) is 9.13 Å². The minimum atomic E-state index is -0.332. The summed E-state index contributed by atoms with van der Waals surface area (Å²) in [4.78, 5) is 54.1. The molecule has 1 aliphatic heterocycles. The maximum atomic E-state index is 13.1. The average Bonchev–Trinajstić information content (AvgIpc) is 2.81. The van der Waals surface area contributed by atoms with Crippen molar-refractivity contribution in [2.45, 2.75) is 32.2 Å². The Hall–Kier alpha value is -3.10. The van der Waals surface area contributed by atoms with Crippen LogP contribution in [0.25, 0.3) is 10.9 Å². The molecule has 1 aromatic heterocycles. The van der Waals surface area contributed by atoms with Gasteiger partial charge < -0.3 is 14.5 Å². The van der Waals surface area contributed by atoms with E-state index in [-0.39, 0.29) is 41.4 Å². The molecule has 0 unspecified atom stereocenters. The molecule has 1 aromatic carbocycles. The normalized spacial score (nSPS) is 21.8. The van der Waals surface area contributed by atoms with E-state index in [4.69, 9.17) is 4.74 Å². The van der Waals surface area contributed by atoms with Gasteiger partial charge in [-0.3, -0.25) is 23.5 Å². The summed E-state index contributed by atoms with van der Waals surface area (Å²) in [7, 11) is 4.96. The Labute approximate surface area is 186 Å². The van der Waals surface area contributed by atoms with Crippen molar-refractivity contribution in [2.75, 3.05) is 33.8 Å². The van der Waals surface area contributed by atoms with Gasteiger partial charge in [-0.15, -0.1) is 0 Å². The first-order chi connectivity index (χ1) is 15.3. The molecule has 2 heterocycles. The molecule has 1 aliphatic carbocycles. The Morgan fingerprint density at radius 1 is 1.06 bits per heavy atom. The van der Waals surface area contributed by atoms with Crippen molar-refractivity contribution in [3.63, 3.8) is 0 Å². The van der Waals surface area contributed by atoms with Crippen LogP contribution in [0.15, 0.2) is 27.8 Å². The second kappa shape index (κ2) is 8.80. The van der Waals surface area contributed by atoms with Gasteiger partial charge in [0, 0.05) is 39.6 Å². The van der Waals surface area contributed by atoms with Crippen LogP contribution in [0.4, 0.5) is 0 Å². The smallest absolute Gasteiger partial charge is 0.331 e. The highest BCUT2D eigenvalue weighted by molar-refractivity contribution is 5.87. The molecule has 0 spiro atoms. The van der Waals surface area contributed by atoms with E-state index in [0.29, 0.717) is 49.1 Å². The monoisotopic (exact) mass is 442 g/mol. The predicted octanol–water partition coefficient (Wildman–Crippen LogP) is 0.816. The summed E-state index contributed by atoms with van der Waals surface area (Å²) in [6.45, 7) is 1.64. The Morgan fingerprint density at radius 3 is 2.44 bits per heavy atom. The summed E-state index contributed by atoms with van der Waals surface area (Å²) in [5.74, 6) is 0.655. The van der Waals surface area contributed by atoms with Crippen molar-refractivity contribution < 1.29 is 14.3 Å². The van der Waals surface area contributed by atoms with Crippen molar-refractivity contribution in [1.82, 2.24) is 18.9 Å². The molecule has 9 heteroatoms. The van der Waals surface area contributed by atoms with Crippen molar-refractivity contribution in [3.8, 4) is 5.75 Å². The molecule has 0 radical (unpaired) electrons. The fourth-order valence-electron chi connectivity index (χ4n) is 4.84. The molecular formula is C23H30N4O5. The summed E-state index contributed by atoms with van der Waals surface area (Å²) < 4.78 is 8.05. The number of ether oxygens (including phenoxy) is 1. The number of carbonyl (C=O) groups is 2. The number of aryl methyl sites for hydroxylation is 1. The van der Waals surface area contributed by atoms with Crippen LogP contribution in [0, 0.1) is 11.8 Å². The van der Waals surface area contributed by atoms with Gasteiger partial charge in [-0.25, -0.2) is 4.79 Å². The maximum absolute atomic E-state index is 13.1. The van der Waals surface area contributed by atoms with Gasteiger partial charge in [-0.05, 0) is 49.8 Å². The van der Waals surface area contributed by atoms with Crippen molar-refractivity contribution >= 4 is 22.7 Å². The van der Waals surface area contributed by atoms with Gasteiger partial charge in [-0.2, -0.15) is 0 Å². The van der Waals surface area contributed by atoms with Gasteiger partial charge in [0.1, 0.15) is 5.75 Å². The topological polar surface area (TPSA) is 93.8 Å². The first kappa shape index (κ1) is 22.1. The molecule has 0 N–H and O–H groups in total. The molecule has 2 fully saturated rings. The summed E-state index contributed by atoms with van der Waals surface area (Å²) >= 11 is 0. The number of hydrogen-bond acceptors (Lipinski definition) is 5. The summed E-state index contributed by atoms with van der Waals surface area (Å²) in [5, 5.41) is 0.454. The molecule has 0 bridgehead atoms. The molecule has 1 saturated heterocycles. The van der Waals surface area contributed by atoms with Gasteiger partial charge in [0.2, 0.25) is 11.8 Å². The largest absolute Gasteiger partial charge is 0.497 e. The van der Waals surface area contributed by atoms with E-state index in [2.05, 4.69) is 0 Å². The Balaban J connectivity index is 1.46. The number of carbonyl (C=O) groups excluding carboxylic acids is 2. The molecule has 2 aliphatic rings. The summed E-state index contributed by atoms with van der Waals surface area (Å²) in [6, 6.07) is 5.12. The summed E-state index contributed by atoms with van der Waals surface area (Å²) in [5.41, 5.74) is -0.0638. The molecular weight excluding hydrogens is 412 g/mol. The van der Waals surface area contributed by atoms with Crippen LogP contribution in [0.1, 0.15) is 25.7 Å². The molecule has 2 aromatic rings. The maximum Gasteiger partial charge on any atom is 0.331 e. The van der Waals surface area contributed by atoms with Crippen LogP contribution in [0.5, 0.6) is 5.75 Å². The van der Waals surface area contributed by atoms with Crippen LogP contribution in [-0.4, -0.2) is 64.5 Å². The van der Waals surface area contributed by atoms with Crippen molar-refractivity contribution in [1.29, 1.82) is 0 Å². The molecule has 4 rings (SSSR count). The van der Waals surface area contributed by atoms with Crippen LogP contribution in [-0.2, 0) is 23.2 Å². The number of methoxy groups -OCH3 is 1. The third-order valence-corrected chi connectivity index (χ3v) is 6.96. The van der Waals surface area contributed by atoms with E-state index in [0.717, 1.165) is 12.8 Å². The number of hydrogen-bond donors (Lipinski definition) is 0. The first-order valence-corrected chi connectivity index (χ1v) is 11.1. The van der Waals surface area contributed by atoms with Gasteiger partial charge in [0.25, 0.3) is 5.56 Å². The Kier molecular flexibility index (Phi) is 6.08. The number of fused-ring (bicyclic) bond motifs is 1. The first-order valence-electron chi connectivity index (χ1n) is 11.1. The lowest BCUT2D eigenvalue weighted by atomic mass is 9.81. The SMILES string of the molecule is COc1ccc2c(c1)c(=O)n(C[C@H]1CC[C@H](C(=O)N3CCN(C)C(=O)C3)CC1)c(=O)n2C. The second-order valence-corrected chi connectivity index (χ2v) is 8.93. The Morgan fingerprint density at radius 2 is 1.78 bits per heavy atom.